The van der Waals surface area contributed by atoms with Crippen molar-refractivity contribution < 1.29 is 24.5 Å². The molecular weight excluding hydrogens is 286 g/mol. The summed E-state index contributed by atoms with van der Waals surface area (Å²) in [5.74, 6) is -0.898. The molecule has 1 rings (SSSR count). The van der Waals surface area contributed by atoms with Crippen LogP contribution in [0.15, 0.2) is 18.2 Å². The molecule has 0 radical (unpaired) electrons. The molecule has 0 spiro atoms. The Balaban J connectivity index is 2.84. The van der Waals surface area contributed by atoms with E-state index in [2.05, 4.69) is 10.1 Å². The van der Waals surface area contributed by atoms with Crippen molar-refractivity contribution in [3.8, 4) is 0 Å². The molecule has 20 heavy (non-hydrogen) atoms. The topological polar surface area (TPSA) is 95.9 Å². The summed E-state index contributed by atoms with van der Waals surface area (Å²) >= 11 is 5.92. The molecule has 1 amide bonds. The number of benzene rings is 1. The molecule has 0 aliphatic rings. The van der Waals surface area contributed by atoms with Crippen molar-refractivity contribution in [1.82, 2.24) is 5.32 Å². The van der Waals surface area contributed by atoms with Gasteiger partial charge in [0.2, 0.25) is 5.91 Å². The van der Waals surface area contributed by atoms with Crippen LogP contribution in [0.4, 0.5) is 0 Å². The fraction of sp³-hybridized carbons (Fsp3) is 0.385. The molecule has 110 valence electrons. The van der Waals surface area contributed by atoms with Crippen molar-refractivity contribution in [2.45, 2.75) is 19.1 Å². The number of methoxy groups -OCH3 is 1. The highest BCUT2D eigenvalue weighted by molar-refractivity contribution is 6.33. The zero-order valence-electron chi connectivity index (χ0n) is 11.1. The van der Waals surface area contributed by atoms with Gasteiger partial charge in [0.05, 0.1) is 17.7 Å². The van der Waals surface area contributed by atoms with Crippen LogP contribution in [-0.4, -0.2) is 41.8 Å². The van der Waals surface area contributed by atoms with E-state index in [4.69, 9.17) is 11.6 Å². The van der Waals surface area contributed by atoms with E-state index in [0.717, 1.165) is 0 Å². The Morgan fingerprint density at radius 3 is 2.55 bits per heavy atom. The zero-order chi connectivity index (χ0) is 15.3. The Bertz CT molecular complexity index is 506. The number of rotatable bonds is 5. The molecule has 6 nitrogen and oxygen atoms in total. The molecular formula is C13H16ClNO5. The normalized spacial score (nSPS) is 13.4. The molecule has 0 aliphatic heterocycles. The van der Waals surface area contributed by atoms with Crippen LogP contribution in [0.3, 0.4) is 0 Å². The molecule has 0 heterocycles. The van der Waals surface area contributed by atoms with Gasteiger partial charge in [0.25, 0.3) is 0 Å². The van der Waals surface area contributed by atoms with Crippen LogP contribution >= 0.6 is 11.6 Å². The highest BCUT2D eigenvalue weighted by Gasteiger charge is 2.20. The molecule has 7 heteroatoms. The Kier molecular flexibility index (Phi) is 5.94. The van der Waals surface area contributed by atoms with Gasteiger partial charge < -0.3 is 20.3 Å². The van der Waals surface area contributed by atoms with Crippen molar-refractivity contribution in [1.29, 1.82) is 0 Å². The predicted molar refractivity (Wildman–Crippen MR) is 72.4 cm³/mol. The molecule has 0 fully saturated rings. The second kappa shape index (κ2) is 7.23. The maximum atomic E-state index is 11.4. The van der Waals surface area contributed by atoms with Gasteiger partial charge in [-0.3, -0.25) is 4.79 Å². The summed E-state index contributed by atoms with van der Waals surface area (Å²) in [6, 6.07) is 4.23. The van der Waals surface area contributed by atoms with Crippen LogP contribution in [0, 0.1) is 0 Å². The number of aliphatic hydroxyl groups is 2. The molecule has 2 atom stereocenters. The van der Waals surface area contributed by atoms with Crippen molar-refractivity contribution in [3.05, 3.63) is 34.3 Å². The first-order valence-corrected chi connectivity index (χ1v) is 6.23. The van der Waals surface area contributed by atoms with Gasteiger partial charge in [0.15, 0.2) is 0 Å². The van der Waals surface area contributed by atoms with Crippen molar-refractivity contribution >= 4 is 23.5 Å². The summed E-state index contributed by atoms with van der Waals surface area (Å²) in [5.41, 5.74) is 0.502. The van der Waals surface area contributed by atoms with Crippen LogP contribution in [-0.2, 0) is 9.53 Å². The van der Waals surface area contributed by atoms with Crippen molar-refractivity contribution in [3.63, 3.8) is 0 Å². The monoisotopic (exact) mass is 301 g/mol. The molecule has 3 N–H and O–H groups in total. The Labute approximate surface area is 121 Å². The summed E-state index contributed by atoms with van der Waals surface area (Å²) in [6.45, 7) is 1.22. The summed E-state index contributed by atoms with van der Waals surface area (Å²) in [6.07, 6.45) is -2.41. The smallest absolute Gasteiger partial charge is 0.339 e. The molecule has 0 aliphatic carbocycles. The van der Waals surface area contributed by atoms with Crippen LogP contribution in [0.2, 0.25) is 5.02 Å². The standard InChI is InChI=1S/C13H16ClNO5/c1-7(16)15-6-11(17)12(18)8-3-4-9(10(14)5-8)13(19)20-2/h3-5,11-12,17-18H,6H2,1-2H3,(H,15,16). The quantitative estimate of drug-likeness (QED) is 0.694. The van der Waals surface area contributed by atoms with Gasteiger partial charge >= 0.3 is 5.97 Å². The minimum absolute atomic E-state index is 0.0904. The summed E-state index contributed by atoms with van der Waals surface area (Å²) in [5, 5.41) is 22.2. The fourth-order valence-electron chi connectivity index (χ4n) is 1.57. The van der Waals surface area contributed by atoms with Crippen molar-refractivity contribution in [2.24, 2.45) is 0 Å². The molecule has 0 bridgehead atoms. The number of hydrogen-bond acceptors (Lipinski definition) is 5. The van der Waals surface area contributed by atoms with Gasteiger partial charge in [0, 0.05) is 13.5 Å². The minimum Gasteiger partial charge on any atom is -0.465 e. The highest BCUT2D eigenvalue weighted by atomic mass is 35.5. The summed E-state index contributed by atoms with van der Waals surface area (Å²) in [4.78, 5) is 22.1. The molecule has 1 aromatic rings. The second-order valence-corrected chi connectivity index (χ2v) is 4.59. The van der Waals surface area contributed by atoms with E-state index >= 15 is 0 Å². The summed E-state index contributed by atoms with van der Waals surface area (Å²) < 4.78 is 4.55. The lowest BCUT2D eigenvalue weighted by molar-refractivity contribution is -0.119. The average Bonchev–Trinajstić information content (AvgIpc) is 2.42. The predicted octanol–water partition coefficient (Wildman–Crippen LogP) is 0.657. The molecule has 1 aromatic carbocycles. The Morgan fingerprint density at radius 1 is 1.40 bits per heavy atom. The van der Waals surface area contributed by atoms with Gasteiger partial charge in [-0.1, -0.05) is 17.7 Å². The number of aliphatic hydroxyl groups excluding tert-OH is 2. The van der Waals surface area contributed by atoms with Gasteiger partial charge in [-0.25, -0.2) is 4.79 Å². The average molecular weight is 302 g/mol. The number of amides is 1. The lowest BCUT2D eigenvalue weighted by Crippen LogP contribution is -2.34. The fourth-order valence-corrected chi connectivity index (χ4v) is 1.84. The number of carbonyl (C=O) groups excluding carboxylic acids is 2. The third kappa shape index (κ3) is 4.19. The van der Waals surface area contributed by atoms with Gasteiger partial charge in [0.1, 0.15) is 12.2 Å². The molecule has 0 saturated carbocycles. The number of carbonyl (C=O) groups is 2. The molecule has 2 unspecified atom stereocenters. The van der Waals surface area contributed by atoms with Crippen LogP contribution in [0.5, 0.6) is 0 Å². The molecule has 0 saturated heterocycles. The van der Waals surface area contributed by atoms with E-state index in [9.17, 15) is 19.8 Å². The number of ether oxygens (including phenoxy) is 1. The highest BCUT2D eigenvalue weighted by Crippen LogP contribution is 2.24. The number of nitrogens with one attached hydrogen (secondary N) is 1. The minimum atomic E-state index is -1.23. The van der Waals surface area contributed by atoms with E-state index in [1.54, 1.807) is 0 Å². The maximum absolute atomic E-state index is 11.4. The van der Waals surface area contributed by atoms with Gasteiger partial charge in [-0.05, 0) is 17.7 Å². The lowest BCUT2D eigenvalue weighted by atomic mass is 10.0. The zero-order valence-corrected chi connectivity index (χ0v) is 11.8. The summed E-state index contributed by atoms with van der Waals surface area (Å²) in [7, 11) is 1.23. The number of hydrogen-bond donors (Lipinski definition) is 3. The first-order chi connectivity index (χ1) is 9.36. The largest absolute Gasteiger partial charge is 0.465 e. The van der Waals surface area contributed by atoms with E-state index in [0.29, 0.717) is 5.56 Å². The third-order valence-electron chi connectivity index (χ3n) is 2.66. The van der Waals surface area contributed by atoms with Gasteiger partial charge in [-0.15, -0.1) is 0 Å². The Morgan fingerprint density at radius 2 is 2.05 bits per heavy atom. The number of esters is 1. The van der Waals surface area contributed by atoms with E-state index in [1.807, 2.05) is 0 Å². The van der Waals surface area contributed by atoms with E-state index in [-0.39, 0.29) is 23.0 Å². The van der Waals surface area contributed by atoms with Crippen LogP contribution in [0.25, 0.3) is 0 Å². The second-order valence-electron chi connectivity index (χ2n) is 4.18. The first kappa shape index (κ1) is 16.4. The Hall–Kier alpha value is -1.63. The van der Waals surface area contributed by atoms with Crippen LogP contribution < -0.4 is 5.32 Å². The SMILES string of the molecule is COC(=O)c1ccc(C(O)C(O)CNC(C)=O)cc1Cl. The van der Waals surface area contributed by atoms with E-state index < -0.39 is 18.2 Å². The first-order valence-electron chi connectivity index (χ1n) is 5.85. The number of halogens is 1. The maximum Gasteiger partial charge on any atom is 0.339 e. The molecule has 0 aromatic heterocycles. The lowest BCUT2D eigenvalue weighted by Gasteiger charge is -2.19. The van der Waals surface area contributed by atoms with E-state index in [1.165, 1.54) is 32.2 Å². The van der Waals surface area contributed by atoms with Gasteiger partial charge in [-0.2, -0.15) is 0 Å². The van der Waals surface area contributed by atoms with Crippen LogP contribution in [0.1, 0.15) is 28.9 Å². The third-order valence-corrected chi connectivity index (χ3v) is 2.98. The van der Waals surface area contributed by atoms with Crippen molar-refractivity contribution in [2.75, 3.05) is 13.7 Å².